The third-order valence-corrected chi connectivity index (χ3v) is 3.56. The lowest BCUT2D eigenvalue weighted by Crippen LogP contribution is -2.09. The number of hydrogen-bond donors (Lipinski definition) is 0. The molecule has 0 spiro atoms. The maximum absolute atomic E-state index is 2.41. The number of rotatable bonds is 2. The molecule has 2 rings (SSSR count). The maximum atomic E-state index is 2.41. The van der Waals surface area contributed by atoms with E-state index in [0.29, 0.717) is 11.8 Å². The van der Waals surface area contributed by atoms with Crippen LogP contribution in [0, 0.1) is 5.92 Å². The van der Waals surface area contributed by atoms with Crippen molar-refractivity contribution in [2.24, 2.45) is 5.92 Å². The van der Waals surface area contributed by atoms with Crippen molar-refractivity contribution in [3.63, 3.8) is 0 Å². The number of allylic oxidation sites excluding steroid dienone is 2. The molecule has 1 aliphatic rings. The first-order chi connectivity index (χ1) is 7.58. The zero-order valence-electron chi connectivity index (χ0n) is 10.7. The Morgan fingerprint density at radius 2 is 1.75 bits per heavy atom. The first-order valence-corrected chi connectivity index (χ1v) is 6.02. The predicted molar refractivity (Wildman–Crippen MR) is 71.0 cm³/mol. The van der Waals surface area contributed by atoms with E-state index in [9.17, 15) is 0 Å². The molecular formula is C15H21N. The highest BCUT2D eigenvalue weighted by atomic mass is 15.1. The van der Waals surface area contributed by atoms with E-state index in [-0.39, 0.29) is 0 Å². The van der Waals surface area contributed by atoms with Crippen LogP contribution in [0.2, 0.25) is 0 Å². The minimum absolute atomic E-state index is 0.685. The number of benzene rings is 1. The van der Waals surface area contributed by atoms with Crippen LogP contribution < -0.4 is 4.90 Å². The molecule has 0 unspecified atom stereocenters. The van der Waals surface area contributed by atoms with Gasteiger partial charge < -0.3 is 4.90 Å². The van der Waals surface area contributed by atoms with Crippen LogP contribution in [0.15, 0.2) is 35.9 Å². The van der Waals surface area contributed by atoms with Gasteiger partial charge in [0.1, 0.15) is 0 Å². The molecule has 1 aromatic rings. The summed E-state index contributed by atoms with van der Waals surface area (Å²) in [6, 6.07) is 9.00. The average Bonchev–Trinajstić information content (AvgIpc) is 2.58. The minimum atomic E-state index is 0.685. The fourth-order valence-electron chi connectivity index (χ4n) is 2.61. The van der Waals surface area contributed by atoms with Crippen molar-refractivity contribution in [2.75, 3.05) is 19.0 Å². The third-order valence-electron chi connectivity index (χ3n) is 3.56. The van der Waals surface area contributed by atoms with Crippen molar-refractivity contribution in [3.05, 3.63) is 41.5 Å². The van der Waals surface area contributed by atoms with Crippen molar-refractivity contribution in [2.45, 2.75) is 26.2 Å². The second-order valence-corrected chi connectivity index (χ2v) is 5.17. The number of hydrogen-bond acceptors (Lipinski definition) is 1. The van der Waals surface area contributed by atoms with Gasteiger partial charge in [-0.15, -0.1) is 0 Å². The largest absolute Gasteiger partial charge is 0.378 e. The smallest absolute Gasteiger partial charge is 0.0361 e. The molecule has 1 heteroatoms. The van der Waals surface area contributed by atoms with Crippen molar-refractivity contribution >= 4 is 5.69 Å². The molecule has 0 aliphatic heterocycles. The highest BCUT2D eigenvalue weighted by molar-refractivity contribution is 5.47. The number of nitrogens with zero attached hydrogens (tertiary/aromatic N) is 1. The molecule has 0 aromatic heterocycles. The van der Waals surface area contributed by atoms with E-state index < -0.39 is 0 Å². The fourth-order valence-corrected chi connectivity index (χ4v) is 2.61. The van der Waals surface area contributed by atoms with Crippen molar-refractivity contribution in [3.8, 4) is 0 Å². The Balaban J connectivity index is 2.17. The van der Waals surface area contributed by atoms with Gasteiger partial charge in [-0.1, -0.05) is 30.7 Å². The van der Waals surface area contributed by atoms with E-state index in [1.807, 2.05) is 0 Å². The van der Waals surface area contributed by atoms with Gasteiger partial charge in [-0.05, 0) is 42.9 Å². The zero-order chi connectivity index (χ0) is 11.7. The summed E-state index contributed by atoms with van der Waals surface area (Å²) in [6.45, 7) is 4.56. The van der Waals surface area contributed by atoms with Gasteiger partial charge in [0, 0.05) is 19.8 Å². The molecule has 0 saturated carbocycles. The maximum Gasteiger partial charge on any atom is 0.0361 e. The first kappa shape index (κ1) is 11.3. The highest BCUT2D eigenvalue weighted by Crippen LogP contribution is 2.38. The third kappa shape index (κ3) is 2.13. The monoisotopic (exact) mass is 215 g/mol. The summed E-state index contributed by atoms with van der Waals surface area (Å²) in [6.07, 6.45) is 3.63. The van der Waals surface area contributed by atoms with Gasteiger partial charge in [0.05, 0.1) is 0 Å². The molecule has 1 aliphatic carbocycles. The van der Waals surface area contributed by atoms with E-state index in [2.05, 4.69) is 63.2 Å². The second-order valence-electron chi connectivity index (χ2n) is 5.17. The molecule has 16 heavy (non-hydrogen) atoms. The van der Waals surface area contributed by atoms with Gasteiger partial charge >= 0.3 is 0 Å². The summed E-state index contributed by atoms with van der Waals surface area (Å²) < 4.78 is 0. The van der Waals surface area contributed by atoms with E-state index >= 15 is 0 Å². The molecule has 0 saturated heterocycles. The van der Waals surface area contributed by atoms with Gasteiger partial charge in [0.15, 0.2) is 0 Å². The van der Waals surface area contributed by atoms with Crippen LogP contribution in [0.5, 0.6) is 0 Å². The molecule has 0 radical (unpaired) electrons. The molecule has 86 valence electrons. The van der Waals surface area contributed by atoms with Gasteiger partial charge in [-0.3, -0.25) is 0 Å². The predicted octanol–water partition coefficient (Wildman–Crippen LogP) is 3.82. The van der Waals surface area contributed by atoms with Crippen LogP contribution in [-0.4, -0.2) is 14.1 Å². The molecule has 2 atom stereocenters. The van der Waals surface area contributed by atoms with Crippen LogP contribution in [0.3, 0.4) is 0 Å². The highest BCUT2D eigenvalue weighted by Gasteiger charge is 2.23. The molecule has 0 fully saturated rings. The second kappa shape index (κ2) is 4.32. The summed E-state index contributed by atoms with van der Waals surface area (Å²) in [7, 11) is 4.16. The lowest BCUT2D eigenvalue weighted by atomic mass is 9.89. The van der Waals surface area contributed by atoms with E-state index in [4.69, 9.17) is 0 Å². The summed E-state index contributed by atoms with van der Waals surface area (Å²) in [5.74, 6) is 1.38. The zero-order valence-corrected chi connectivity index (χ0v) is 10.7. The van der Waals surface area contributed by atoms with Crippen LogP contribution >= 0.6 is 0 Å². The molecule has 1 nitrogen and oxygen atoms in total. The molecule has 0 amide bonds. The standard InChI is InChI=1S/C15H21N/c1-11-9-12(2)15(10-11)13-5-7-14(8-6-13)16(3)4/h5-9,12,15H,10H2,1-4H3/t12-,15+/m1/s1. The Labute approximate surface area is 98.8 Å². The average molecular weight is 215 g/mol. The Kier molecular flexibility index (Phi) is 3.04. The molecule has 0 heterocycles. The lowest BCUT2D eigenvalue weighted by Gasteiger charge is -2.18. The quantitative estimate of drug-likeness (QED) is 0.678. The molecule has 0 bridgehead atoms. The SMILES string of the molecule is CC1=C[C@@H](C)[C@@H](c2ccc(N(C)C)cc2)C1. The molecule has 0 N–H and O–H groups in total. The van der Waals surface area contributed by atoms with Crippen molar-refractivity contribution in [1.29, 1.82) is 0 Å². The van der Waals surface area contributed by atoms with E-state index in [1.165, 1.54) is 23.2 Å². The summed E-state index contributed by atoms with van der Waals surface area (Å²) in [4.78, 5) is 2.14. The van der Waals surface area contributed by atoms with Crippen LogP contribution in [0.4, 0.5) is 5.69 Å². The summed E-state index contributed by atoms with van der Waals surface area (Å²) in [5, 5.41) is 0. The summed E-state index contributed by atoms with van der Waals surface area (Å²) >= 11 is 0. The normalized spacial score (nSPS) is 24.4. The Bertz CT molecular complexity index is 386. The van der Waals surface area contributed by atoms with Gasteiger partial charge in [-0.25, -0.2) is 0 Å². The van der Waals surface area contributed by atoms with Crippen LogP contribution in [0.25, 0.3) is 0 Å². The van der Waals surface area contributed by atoms with E-state index in [0.717, 1.165) is 0 Å². The van der Waals surface area contributed by atoms with Crippen molar-refractivity contribution < 1.29 is 0 Å². The van der Waals surface area contributed by atoms with E-state index in [1.54, 1.807) is 0 Å². The van der Waals surface area contributed by atoms with Crippen LogP contribution in [-0.2, 0) is 0 Å². The Morgan fingerprint density at radius 1 is 1.12 bits per heavy atom. The Hall–Kier alpha value is -1.24. The first-order valence-electron chi connectivity index (χ1n) is 6.02. The molecular weight excluding hydrogens is 194 g/mol. The lowest BCUT2D eigenvalue weighted by molar-refractivity contribution is 0.584. The topological polar surface area (TPSA) is 3.24 Å². The Morgan fingerprint density at radius 3 is 2.19 bits per heavy atom. The minimum Gasteiger partial charge on any atom is -0.378 e. The number of anilines is 1. The van der Waals surface area contributed by atoms with Gasteiger partial charge in [-0.2, -0.15) is 0 Å². The van der Waals surface area contributed by atoms with Crippen molar-refractivity contribution in [1.82, 2.24) is 0 Å². The summed E-state index contributed by atoms with van der Waals surface area (Å²) in [5.41, 5.74) is 4.29. The fraction of sp³-hybridized carbons (Fsp3) is 0.467. The van der Waals surface area contributed by atoms with Gasteiger partial charge in [0.25, 0.3) is 0 Å². The molecule has 1 aromatic carbocycles. The van der Waals surface area contributed by atoms with Crippen LogP contribution in [0.1, 0.15) is 31.7 Å². The van der Waals surface area contributed by atoms with Gasteiger partial charge in [0.2, 0.25) is 0 Å².